The predicted molar refractivity (Wildman–Crippen MR) is 53.5 cm³/mol. The first-order valence-electron chi connectivity index (χ1n) is 3.72. The summed E-state index contributed by atoms with van der Waals surface area (Å²) in [6.45, 7) is 0. The molecule has 2 N–H and O–H groups in total. The van der Waals surface area contributed by atoms with E-state index in [0.717, 1.165) is 12.1 Å². The molecule has 14 heavy (non-hydrogen) atoms. The van der Waals surface area contributed by atoms with Gasteiger partial charge in [-0.1, -0.05) is 18.3 Å². The quantitative estimate of drug-likeness (QED) is 0.471. The van der Waals surface area contributed by atoms with Gasteiger partial charge < -0.3 is 5.73 Å². The molecule has 1 rings (SSSR count). The minimum Gasteiger partial charge on any atom is -0.393 e. The van der Waals surface area contributed by atoms with E-state index in [-0.39, 0.29) is 11.4 Å². The Bertz CT molecular complexity index is 395. The molecule has 0 unspecified atom stereocenters. The normalized spacial score (nSPS) is 9.79. The van der Waals surface area contributed by atoms with E-state index < -0.39 is 16.4 Å². The fourth-order valence-electron chi connectivity index (χ4n) is 1.01. The second-order valence-electron chi connectivity index (χ2n) is 2.69. The van der Waals surface area contributed by atoms with Gasteiger partial charge in [0.2, 0.25) is 5.82 Å². The summed E-state index contributed by atoms with van der Waals surface area (Å²) < 4.78 is 13.0. The van der Waals surface area contributed by atoms with Crippen molar-refractivity contribution in [2.24, 2.45) is 5.73 Å². The van der Waals surface area contributed by atoms with Crippen LogP contribution in [0.15, 0.2) is 18.2 Å². The van der Waals surface area contributed by atoms with E-state index in [0.29, 0.717) is 5.56 Å². The maximum absolute atomic E-state index is 13.0. The lowest BCUT2D eigenvalue weighted by Crippen LogP contribution is -2.11. The summed E-state index contributed by atoms with van der Waals surface area (Å²) in [6.07, 6.45) is 0.240. The zero-order valence-electron chi connectivity index (χ0n) is 7.07. The van der Waals surface area contributed by atoms with Crippen molar-refractivity contribution >= 4 is 22.9 Å². The van der Waals surface area contributed by atoms with E-state index in [2.05, 4.69) is 12.2 Å². The highest BCUT2D eigenvalue weighted by atomic mass is 32.1. The summed E-state index contributed by atoms with van der Waals surface area (Å²) in [5.74, 6) is -0.872. The van der Waals surface area contributed by atoms with Crippen molar-refractivity contribution in [3.05, 3.63) is 39.7 Å². The maximum atomic E-state index is 13.0. The third-order valence-electron chi connectivity index (χ3n) is 1.59. The molecular formula is C8H7FN2O2S. The lowest BCUT2D eigenvalue weighted by atomic mass is 10.1. The van der Waals surface area contributed by atoms with Gasteiger partial charge in [-0.15, -0.1) is 0 Å². The average Bonchev–Trinajstić information content (AvgIpc) is 2.01. The number of nitro benzene ring substituents is 1. The molecule has 4 nitrogen and oxygen atoms in total. The monoisotopic (exact) mass is 214 g/mol. The molecule has 0 saturated heterocycles. The Balaban J connectivity index is 3.00. The molecular weight excluding hydrogens is 207 g/mol. The zero-order valence-corrected chi connectivity index (χ0v) is 7.88. The Morgan fingerprint density at radius 3 is 2.71 bits per heavy atom. The summed E-state index contributed by atoms with van der Waals surface area (Å²) in [5.41, 5.74) is 5.23. The summed E-state index contributed by atoms with van der Waals surface area (Å²) in [6, 6.07) is 3.60. The number of rotatable bonds is 3. The Morgan fingerprint density at radius 2 is 2.29 bits per heavy atom. The van der Waals surface area contributed by atoms with Crippen molar-refractivity contribution in [3.63, 3.8) is 0 Å². The molecule has 0 saturated carbocycles. The molecule has 6 heteroatoms. The van der Waals surface area contributed by atoms with Crippen LogP contribution < -0.4 is 5.73 Å². The Morgan fingerprint density at radius 1 is 1.64 bits per heavy atom. The zero-order chi connectivity index (χ0) is 10.7. The first-order chi connectivity index (χ1) is 6.50. The molecule has 0 spiro atoms. The molecule has 0 heterocycles. The molecule has 74 valence electrons. The summed E-state index contributed by atoms with van der Waals surface area (Å²) in [5, 5.41) is 10.3. The van der Waals surface area contributed by atoms with Crippen LogP contribution in [0.3, 0.4) is 0 Å². The van der Waals surface area contributed by atoms with Crippen LogP contribution in [0.2, 0.25) is 0 Å². The molecule has 0 amide bonds. The molecule has 0 fully saturated rings. The second-order valence-corrected chi connectivity index (χ2v) is 3.21. The van der Waals surface area contributed by atoms with E-state index >= 15 is 0 Å². The van der Waals surface area contributed by atoms with Crippen LogP contribution >= 0.6 is 12.2 Å². The van der Waals surface area contributed by atoms with Crippen molar-refractivity contribution in [3.8, 4) is 0 Å². The standard InChI is InChI=1S/C8H7FN2O2S/c9-6-3-5(4-8(10)14)1-2-7(6)11(12)13/h1-3H,4H2,(H2,10,14). The minimum atomic E-state index is -0.872. The van der Waals surface area contributed by atoms with Crippen molar-refractivity contribution in [2.75, 3.05) is 0 Å². The molecule has 0 aliphatic heterocycles. The SMILES string of the molecule is NC(=S)Cc1ccc([N+](=O)[O-])c(F)c1. The molecule has 0 aliphatic rings. The van der Waals surface area contributed by atoms with Gasteiger partial charge in [0.25, 0.3) is 0 Å². The molecule has 1 aromatic rings. The van der Waals surface area contributed by atoms with Gasteiger partial charge in [0.05, 0.1) is 9.91 Å². The Labute approximate surface area is 84.7 Å². The van der Waals surface area contributed by atoms with Gasteiger partial charge in [0.1, 0.15) is 0 Å². The number of nitrogens with zero attached hydrogens (tertiary/aromatic N) is 1. The van der Waals surface area contributed by atoms with Gasteiger partial charge in [-0.2, -0.15) is 4.39 Å². The lowest BCUT2D eigenvalue weighted by Gasteiger charge is -1.99. The van der Waals surface area contributed by atoms with E-state index in [9.17, 15) is 14.5 Å². The Kier molecular flexibility index (Phi) is 3.08. The van der Waals surface area contributed by atoms with Crippen LogP contribution in [0.1, 0.15) is 5.56 Å². The number of hydrogen-bond acceptors (Lipinski definition) is 3. The van der Waals surface area contributed by atoms with Crippen molar-refractivity contribution in [2.45, 2.75) is 6.42 Å². The molecule has 0 bridgehead atoms. The fourth-order valence-corrected chi connectivity index (χ4v) is 1.18. The topological polar surface area (TPSA) is 69.2 Å². The third kappa shape index (κ3) is 2.46. The van der Waals surface area contributed by atoms with E-state index in [1.807, 2.05) is 0 Å². The largest absolute Gasteiger partial charge is 0.393 e. The molecule has 0 atom stereocenters. The van der Waals surface area contributed by atoms with Crippen molar-refractivity contribution in [1.29, 1.82) is 0 Å². The highest BCUT2D eigenvalue weighted by Gasteiger charge is 2.13. The first-order valence-corrected chi connectivity index (χ1v) is 4.12. The highest BCUT2D eigenvalue weighted by Crippen LogP contribution is 2.18. The second kappa shape index (κ2) is 4.10. The van der Waals surface area contributed by atoms with Crippen molar-refractivity contribution in [1.82, 2.24) is 0 Å². The first kappa shape index (κ1) is 10.5. The summed E-state index contributed by atoms with van der Waals surface area (Å²) in [7, 11) is 0. The molecule has 1 aromatic carbocycles. The van der Waals surface area contributed by atoms with Gasteiger partial charge in [0.15, 0.2) is 0 Å². The average molecular weight is 214 g/mol. The summed E-state index contributed by atoms with van der Waals surface area (Å²) >= 11 is 4.63. The van der Waals surface area contributed by atoms with Gasteiger partial charge in [-0.3, -0.25) is 10.1 Å². The van der Waals surface area contributed by atoms with E-state index in [1.54, 1.807) is 0 Å². The van der Waals surface area contributed by atoms with Gasteiger partial charge in [-0.25, -0.2) is 0 Å². The van der Waals surface area contributed by atoms with Crippen LogP contribution in [0.25, 0.3) is 0 Å². The van der Waals surface area contributed by atoms with Crippen LogP contribution in [0, 0.1) is 15.9 Å². The number of hydrogen-bond donors (Lipinski definition) is 1. The fraction of sp³-hybridized carbons (Fsp3) is 0.125. The van der Waals surface area contributed by atoms with E-state index in [1.165, 1.54) is 6.07 Å². The summed E-state index contributed by atoms with van der Waals surface area (Å²) in [4.78, 5) is 9.71. The number of thiocarbonyl (C=S) groups is 1. The van der Waals surface area contributed by atoms with Gasteiger partial charge in [-0.05, 0) is 11.6 Å². The molecule has 0 aliphatic carbocycles. The van der Waals surface area contributed by atoms with Gasteiger partial charge in [0, 0.05) is 12.5 Å². The number of halogens is 1. The molecule has 0 aromatic heterocycles. The number of nitrogens with two attached hydrogens (primary N) is 1. The van der Waals surface area contributed by atoms with Crippen LogP contribution in [0.4, 0.5) is 10.1 Å². The number of benzene rings is 1. The predicted octanol–water partition coefficient (Wildman–Crippen LogP) is 1.56. The van der Waals surface area contributed by atoms with Gasteiger partial charge >= 0.3 is 5.69 Å². The maximum Gasteiger partial charge on any atom is 0.304 e. The lowest BCUT2D eigenvalue weighted by molar-refractivity contribution is -0.387. The third-order valence-corrected chi connectivity index (χ3v) is 1.73. The van der Waals surface area contributed by atoms with Crippen molar-refractivity contribution < 1.29 is 9.31 Å². The van der Waals surface area contributed by atoms with Crippen LogP contribution in [0.5, 0.6) is 0 Å². The smallest absolute Gasteiger partial charge is 0.304 e. The van der Waals surface area contributed by atoms with Crippen LogP contribution in [-0.2, 0) is 6.42 Å². The van der Waals surface area contributed by atoms with Crippen LogP contribution in [-0.4, -0.2) is 9.91 Å². The number of nitro groups is 1. The highest BCUT2D eigenvalue weighted by molar-refractivity contribution is 7.80. The minimum absolute atomic E-state index is 0.221. The molecule has 0 radical (unpaired) electrons. The Hall–Kier alpha value is -1.56. The van der Waals surface area contributed by atoms with E-state index in [4.69, 9.17) is 5.73 Å².